The highest BCUT2D eigenvalue weighted by molar-refractivity contribution is 7.93. The van der Waals surface area contributed by atoms with Crippen LogP contribution in [0.25, 0.3) is 11.1 Å². The minimum absolute atomic E-state index is 0.185. The number of benzene rings is 3. The fourth-order valence-corrected chi connectivity index (χ4v) is 3.61. The van der Waals surface area contributed by atoms with Crippen molar-refractivity contribution in [1.29, 1.82) is 0 Å². The predicted molar refractivity (Wildman–Crippen MR) is 115 cm³/mol. The Hall–Kier alpha value is -2.62. The Morgan fingerprint density at radius 2 is 1.62 bits per heavy atom. The Bertz CT molecular complexity index is 1180. The van der Waals surface area contributed by atoms with Crippen LogP contribution < -0.4 is 4.72 Å². The van der Waals surface area contributed by atoms with Gasteiger partial charge in [-0.2, -0.15) is 21.6 Å². The number of alkyl halides is 3. The summed E-state index contributed by atoms with van der Waals surface area (Å²) in [6.07, 6.45) is 0.344. The summed E-state index contributed by atoms with van der Waals surface area (Å²) >= 11 is 6.23. The smallest absolute Gasteiger partial charge is 0.376 e. The largest absolute Gasteiger partial charge is 0.516 e. The zero-order chi connectivity index (χ0) is 23.4. The minimum atomic E-state index is -5.48. The maximum atomic E-state index is 13.1. The van der Waals surface area contributed by atoms with Crippen molar-refractivity contribution < 1.29 is 30.7 Å². The van der Waals surface area contributed by atoms with E-state index in [0.29, 0.717) is 17.0 Å². The predicted octanol–water partition coefficient (Wildman–Crippen LogP) is 6.17. The number of nitrogens with one attached hydrogen (secondary N) is 1. The number of hydrogen-bond acceptors (Lipinski definition) is 3. The van der Waals surface area contributed by atoms with E-state index in [9.17, 15) is 26.0 Å². The van der Waals surface area contributed by atoms with Gasteiger partial charge in [-0.25, -0.2) is 4.39 Å². The molecule has 4 nitrogen and oxygen atoms in total. The van der Waals surface area contributed by atoms with Gasteiger partial charge in [-0.1, -0.05) is 41.9 Å². The SMILES string of the molecule is O=S(=O)(Nc1cccc(CCOCc2cc(-c3ccc(F)cc3)ccc2Cl)c1)C(F)(F)F. The van der Waals surface area contributed by atoms with Gasteiger partial charge in [0.15, 0.2) is 0 Å². The van der Waals surface area contributed by atoms with Crippen LogP contribution in [0.4, 0.5) is 23.2 Å². The molecule has 10 heteroatoms. The lowest BCUT2D eigenvalue weighted by molar-refractivity contribution is -0.0429. The van der Waals surface area contributed by atoms with Gasteiger partial charge in [0.25, 0.3) is 0 Å². The zero-order valence-electron chi connectivity index (χ0n) is 16.5. The maximum absolute atomic E-state index is 13.1. The third-order valence-electron chi connectivity index (χ3n) is 4.50. The van der Waals surface area contributed by atoms with Crippen molar-refractivity contribution in [3.63, 3.8) is 0 Å². The van der Waals surface area contributed by atoms with Crippen LogP contribution in [0.5, 0.6) is 0 Å². The van der Waals surface area contributed by atoms with Gasteiger partial charge in [0.2, 0.25) is 0 Å². The van der Waals surface area contributed by atoms with Gasteiger partial charge in [0.05, 0.1) is 13.2 Å². The van der Waals surface area contributed by atoms with Gasteiger partial charge in [0, 0.05) is 10.7 Å². The summed E-state index contributed by atoms with van der Waals surface area (Å²) in [7, 11) is -5.48. The summed E-state index contributed by atoms with van der Waals surface area (Å²) < 4.78 is 80.3. The molecule has 0 aliphatic carbocycles. The van der Waals surface area contributed by atoms with E-state index in [1.807, 2.05) is 12.1 Å². The van der Waals surface area contributed by atoms with E-state index in [4.69, 9.17) is 16.3 Å². The minimum Gasteiger partial charge on any atom is -0.376 e. The fraction of sp³-hybridized carbons (Fsp3) is 0.182. The average Bonchev–Trinajstić information content (AvgIpc) is 2.72. The normalized spacial score (nSPS) is 12.0. The standard InChI is InChI=1S/C22H18ClF4NO3S/c23-21-9-6-17(16-4-7-19(24)8-5-16)13-18(21)14-31-11-10-15-2-1-3-20(12-15)28-32(29,30)22(25,26)27/h1-9,12-13,28H,10-11,14H2. The van der Waals surface area contributed by atoms with Crippen LogP contribution >= 0.6 is 11.6 Å². The summed E-state index contributed by atoms with van der Waals surface area (Å²) in [6, 6.07) is 17.1. The topological polar surface area (TPSA) is 55.4 Å². The third-order valence-corrected chi connectivity index (χ3v) is 5.98. The molecule has 0 spiro atoms. The lowest BCUT2D eigenvalue weighted by atomic mass is 10.0. The fourth-order valence-electron chi connectivity index (χ4n) is 2.88. The summed E-state index contributed by atoms with van der Waals surface area (Å²) in [5.41, 5.74) is -2.60. The summed E-state index contributed by atoms with van der Waals surface area (Å²) in [4.78, 5) is 0. The van der Waals surface area contributed by atoms with Crippen LogP contribution in [-0.4, -0.2) is 20.5 Å². The van der Waals surface area contributed by atoms with Crippen LogP contribution in [-0.2, 0) is 27.8 Å². The number of ether oxygens (including phenoxy) is 1. The molecule has 32 heavy (non-hydrogen) atoms. The molecule has 170 valence electrons. The first kappa shape index (κ1) is 24.0. The molecule has 0 radical (unpaired) electrons. The molecular weight excluding hydrogens is 470 g/mol. The molecule has 3 rings (SSSR count). The van der Waals surface area contributed by atoms with Crippen molar-refractivity contribution >= 4 is 27.3 Å². The highest BCUT2D eigenvalue weighted by Crippen LogP contribution is 2.27. The molecule has 0 aliphatic heterocycles. The molecule has 0 atom stereocenters. The quantitative estimate of drug-likeness (QED) is 0.305. The monoisotopic (exact) mass is 487 g/mol. The Balaban J connectivity index is 1.59. The average molecular weight is 488 g/mol. The van der Waals surface area contributed by atoms with Crippen LogP contribution in [0.15, 0.2) is 66.7 Å². The molecule has 0 heterocycles. The van der Waals surface area contributed by atoms with Gasteiger partial charge in [0.1, 0.15) is 5.82 Å². The molecular formula is C22H18ClF4NO3S. The van der Waals surface area contributed by atoms with Gasteiger partial charge < -0.3 is 4.74 Å². The molecule has 3 aromatic carbocycles. The van der Waals surface area contributed by atoms with Crippen molar-refractivity contribution in [2.24, 2.45) is 0 Å². The first-order valence-corrected chi connectivity index (χ1v) is 11.2. The van der Waals surface area contributed by atoms with Crippen LogP contribution in [0.2, 0.25) is 5.02 Å². The number of rotatable bonds is 8. The molecule has 0 saturated heterocycles. The van der Waals surface area contributed by atoms with Crippen molar-refractivity contribution in [2.75, 3.05) is 11.3 Å². The number of halogens is 5. The molecule has 0 amide bonds. The van der Waals surface area contributed by atoms with E-state index in [2.05, 4.69) is 0 Å². The number of anilines is 1. The highest BCUT2D eigenvalue weighted by atomic mass is 35.5. The second kappa shape index (κ2) is 9.89. The van der Waals surface area contributed by atoms with Crippen molar-refractivity contribution in [3.8, 4) is 11.1 Å². The Morgan fingerprint density at radius 3 is 2.31 bits per heavy atom. The van der Waals surface area contributed by atoms with E-state index in [1.54, 1.807) is 24.3 Å². The van der Waals surface area contributed by atoms with Gasteiger partial charge in [-0.3, -0.25) is 4.72 Å². The Morgan fingerprint density at radius 1 is 0.938 bits per heavy atom. The van der Waals surface area contributed by atoms with Crippen LogP contribution in [0.3, 0.4) is 0 Å². The first-order valence-electron chi connectivity index (χ1n) is 9.35. The molecule has 0 aromatic heterocycles. The molecule has 0 aliphatic rings. The molecule has 3 aromatic rings. The summed E-state index contributed by atoms with van der Waals surface area (Å²) in [5.74, 6) is -0.332. The zero-order valence-corrected chi connectivity index (χ0v) is 18.1. The Kier molecular flexibility index (Phi) is 7.43. The summed E-state index contributed by atoms with van der Waals surface area (Å²) in [5, 5.41) is 0.499. The summed E-state index contributed by atoms with van der Waals surface area (Å²) in [6.45, 7) is 0.418. The van der Waals surface area contributed by atoms with Crippen molar-refractivity contribution in [2.45, 2.75) is 18.5 Å². The molecule has 1 N–H and O–H groups in total. The third kappa shape index (κ3) is 6.21. The van der Waals surface area contributed by atoms with Gasteiger partial charge in [-0.05, 0) is 65.1 Å². The molecule has 0 fully saturated rings. The first-order chi connectivity index (χ1) is 15.0. The molecule has 0 bridgehead atoms. The van der Waals surface area contributed by atoms with E-state index >= 15 is 0 Å². The number of sulfonamides is 1. The van der Waals surface area contributed by atoms with Gasteiger partial charge >= 0.3 is 15.5 Å². The van der Waals surface area contributed by atoms with E-state index < -0.39 is 15.5 Å². The lowest BCUT2D eigenvalue weighted by Crippen LogP contribution is -2.29. The highest BCUT2D eigenvalue weighted by Gasteiger charge is 2.46. The van der Waals surface area contributed by atoms with E-state index in [-0.39, 0.29) is 24.7 Å². The second-order valence-corrected chi connectivity index (χ2v) is 8.95. The van der Waals surface area contributed by atoms with Crippen LogP contribution in [0, 0.1) is 5.82 Å². The van der Waals surface area contributed by atoms with Crippen LogP contribution in [0.1, 0.15) is 11.1 Å². The maximum Gasteiger partial charge on any atom is 0.516 e. The molecule has 0 saturated carbocycles. The second-order valence-electron chi connectivity index (χ2n) is 6.87. The molecule has 0 unspecified atom stereocenters. The van der Waals surface area contributed by atoms with Crippen molar-refractivity contribution in [1.82, 2.24) is 0 Å². The Labute approximate surface area is 187 Å². The van der Waals surface area contributed by atoms with Crippen molar-refractivity contribution in [3.05, 3.63) is 88.7 Å². The van der Waals surface area contributed by atoms with E-state index in [1.165, 1.54) is 35.1 Å². The van der Waals surface area contributed by atoms with Gasteiger partial charge in [-0.15, -0.1) is 0 Å². The number of hydrogen-bond donors (Lipinski definition) is 1. The lowest BCUT2D eigenvalue weighted by Gasteiger charge is -2.12. The van der Waals surface area contributed by atoms with E-state index in [0.717, 1.165) is 16.7 Å².